The molecule has 3 rings (SSSR count). The molecule has 2 heterocycles. The van der Waals surface area contributed by atoms with Crippen LogP contribution in [-0.4, -0.2) is 84.7 Å². The maximum Gasteiger partial charge on any atom is 0.522 e. The highest BCUT2D eigenvalue weighted by molar-refractivity contribution is 5.96. The minimum Gasteiger partial charge on any atom is -0.356 e. The molecule has 10 nitrogen and oxygen atoms in total. The Hall–Kier alpha value is -2.91. The van der Waals surface area contributed by atoms with Gasteiger partial charge in [-0.05, 0) is 42.9 Å². The first-order valence-electron chi connectivity index (χ1n) is 12.8. The number of ether oxygens (including phenoxy) is 1. The maximum atomic E-state index is 13.5. The van der Waals surface area contributed by atoms with Gasteiger partial charge in [-0.1, -0.05) is 20.8 Å². The number of alkyl halides is 6. The van der Waals surface area contributed by atoms with Crippen LogP contribution >= 0.6 is 0 Å². The van der Waals surface area contributed by atoms with Crippen molar-refractivity contribution in [1.82, 2.24) is 20.9 Å². The quantitative estimate of drug-likeness (QED) is 0.350. The number of nitrogens with one attached hydrogen (secondary N) is 3. The molecule has 2 aliphatic heterocycles. The number of carbonyl (C=O) groups excluding carboxylic acids is 5. The van der Waals surface area contributed by atoms with Gasteiger partial charge in [0.05, 0.1) is 6.04 Å². The third kappa shape index (κ3) is 7.43. The van der Waals surface area contributed by atoms with Gasteiger partial charge in [0.2, 0.25) is 17.7 Å². The topological polar surface area (TPSA) is 134 Å². The van der Waals surface area contributed by atoms with Crippen LogP contribution in [0.2, 0.25) is 0 Å². The SMILES string of the molecule is CC(C)(C)[C@H](NC(=O)C(F)(F)F)C(=O)N1CC2CCC2[C@H]1C(=O)N[C@@H](C[C@@H]1CCNC1=O)C(=O)COC(F)(F)F. The third-order valence-corrected chi connectivity index (χ3v) is 7.61. The summed E-state index contributed by atoms with van der Waals surface area (Å²) < 4.78 is 80.3. The van der Waals surface area contributed by atoms with Crippen molar-refractivity contribution < 1.29 is 55.1 Å². The summed E-state index contributed by atoms with van der Waals surface area (Å²) in [5, 5.41) is 6.63. The highest BCUT2D eigenvalue weighted by Crippen LogP contribution is 2.45. The van der Waals surface area contributed by atoms with Gasteiger partial charge in [-0.2, -0.15) is 13.2 Å². The van der Waals surface area contributed by atoms with E-state index in [1.807, 2.05) is 0 Å². The highest BCUT2D eigenvalue weighted by Gasteiger charge is 2.55. The molecule has 0 aromatic rings. The first-order chi connectivity index (χ1) is 18.3. The monoisotopic (exact) mass is 586 g/mol. The van der Waals surface area contributed by atoms with E-state index in [0.29, 0.717) is 12.8 Å². The number of likely N-dealkylation sites (tertiary alicyclic amines) is 1. The van der Waals surface area contributed by atoms with Gasteiger partial charge in [-0.3, -0.25) is 28.7 Å². The van der Waals surface area contributed by atoms with E-state index in [1.165, 1.54) is 20.8 Å². The van der Waals surface area contributed by atoms with Gasteiger partial charge < -0.3 is 20.9 Å². The van der Waals surface area contributed by atoms with E-state index >= 15 is 0 Å². The average Bonchev–Trinajstić information content (AvgIpc) is 3.32. The molecule has 3 aliphatic rings. The Morgan fingerprint density at radius 2 is 1.68 bits per heavy atom. The fourth-order valence-corrected chi connectivity index (χ4v) is 5.36. The van der Waals surface area contributed by atoms with E-state index in [0.717, 1.165) is 4.90 Å². The second-order valence-corrected chi connectivity index (χ2v) is 11.5. The zero-order valence-electron chi connectivity index (χ0n) is 22.1. The number of carbonyl (C=O) groups is 5. The average molecular weight is 587 g/mol. The summed E-state index contributed by atoms with van der Waals surface area (Å²) in [4.78, 5) is 64.5. The zero-order chi connectivity index (χ0) is 30.2. The lowest BCUT2D eigenvalue weighted by Crippen LogP contribution is -2.60. The molecule has 1 saturated carbocycles. The van der Waals surface area contributed by atoms with Crippen LogP contribution in [0.1, 0.15) is 46.5 Å². The number of hydrogen-bond donors (Lipinski definition) is 3. The Kier molecular flexibility index (Phi) is 9.11. The summed E-state index contributed by atoms with van der Waals surface area (Å²) in [6.45, 7) is 3.19. The first-order valence-corrected chi connectivity index (χ1v) is 12.8. The van der Waals surface area contributed by atoms with Gasteiger partial charge in [-0.15, -0.1) is 13.2 Å². The fourth-order valence-electron chi connectivity index (χ4n) is 5.36. The highest BCUT2D eigenvalue weighted by atomic mass is 19.4. The Morgan fingerprint density at radius 1 is 1.02 bits per heavy atom. The maximum absolute atomic E-state index is 13.5. The lowest BCUT2D eigenvalue weighted by atomic mass is 9.73. The van der Waals surface area contributed by atoms with Crippen LogP contribution in [0.15, 0.2) is 0 Å². The molecule has 3 N–H and O–H groups in total. The second-order valence-electron chi connectivity index (χ2n) is 11.5. The van der Waals surface area contributed by atoms with E-state index in [1.54, 1.807) is 5.32 Å². The predicted molar refractivity (Wildman–Crippen MR) is 124 cm³/mol. The number of Topliss-reactive ketones (excluding diaryl/α,β-unsaturated/α-hetero) is 1. The summed E-state index contributed by atoms with van der Waals surface area (Å²) in [6, 6.07) is -4.45. The summed E-state index contributed by atoms with van der Waals surface area (Å²) >= 11 is 0. The van der Waals surface area contributed by atoms with Gasteiger partial charge in [0, 0.05) is 19.0 Å². The molecule has 0 radical (unpaired) electrons. The van der Waals surface area contributed by atoms with Crippen molar-refractivity contribution in [3.05, 3.63) is 0 Å². The predicted octanol–water partition coefficient (Wildman–Crippen LogP) is 1.43. The van der Waals surface area contributed by atoms with Crippen LogP contribution in [-0.2, 0) is 28.7 Å². The van der Waals surface area contributed by atoms with E-state index in [-0.39, 0.29) is 31.8 Å². The van der Waals surface area contributed by atoms with Crippen LogP contribution < -0.4 is 16.0 Å². The first kappa shape index (κ1) is 31.6. The van der Waals surface area contributed by atoms with Crippen LogP contribution in [0, 0.1) is 23.2 Å². The molecule has 0 aromatic heterocycles. The summed E-state index contributed by atoms with van der Waals surface area (Å²) in [5.41, 5.74) is -1.19. The molecular weight excluding hydrogens is 554 g/mol. The third-order valence-electron chi connectivity index (χ3n) is 7.61. The summed E-state index contributed by atoms with van der Waals surface area (Å²) in [5.74, 6) is -7.06. The lowest BCUT2D eigenvalue weighted by molar-refractivity contribution is -0.321. The van der Waals surface area contributed by atoms with Crippen molar-refractivity contribution in [3.8, 4) is 0 Å². The van der Waals surface area contributed by atoms with Gasteiger partial charge in [0.1, 0.15) is 18.7 Å². The molecule has 0 aromatic carbocycles. The van der Waals surface area contributed by atoms with E-state index < -0.39 is 83.9 Å². The molecule has 40 heavy (non-hydrogen) atoms. The molecule has 3 fully saturated rings. The van der Waals surface area contributed by atoms with E-state index in [2.05, 4.69) is 15.4 Å². The number of nitrogens with zero attached hydrogens (tertiary/aromatic N) is 1. The van der Waals surface area contributed by atoms with Gasteiger partial charge >= 0.3 is 18.4 Å². The number of rotatable bonds is 9. The van der Waals surface area contributed by atoms with Gasteiger partial charge in [0.25, 0.3) is 0 Å². The molecule has 0 spiro atoms. The smallest absolute Gasteiger partial charge is 0.356 e. The Bertz CT molecular complexity index is 1030. The summed E-state index contributed by atoms with van der Waals surface area (Å²) in [7, 11) is 0. The standard InChI is InChI=1S/C24H32F6N4O6/c1-22(2,3)17(33-21(39)23(25,26)27)20(38)34-9-12-4-5-13(12)16(34)19(37)32-14(8-11-6-7-31-18(11)36)15(35)10-40-24(28,29)30/h11-14,16-17H,4-10H2,1-3H3,(H,31,36)(H,32,37)(H,33,39)/t11-,12?,13?,14-,16-,17+/m0/s1. The molecule has 1 aliphatic carbocycles. The van der Waals surface area contributed by atoms with Crippen molar-refractivity contribution in [2.24, 2.45) is 23.2 Å². The normalized spacial score (nSPS) is 26.3. The molecular formula is C24H32F6N4O6. The van der Waals surface area contributed by atoms with Crippen LogP contribution in [0.5, 0.6) is 0 Å². The minimum absolute atomic E-state index is 0.0108. The fraction of sp³-hybridized carbons (Fsp3) is 0.792. The number of fused-ring (bicyclic) bond motifs is 1. The van der Waals surface area contributed by atoms with E-state index in [9.17, 15) is 50.3 Å². The zero-order valence-corrected chi connectivity index (χ0v) is 22.1. The summed E-state index contributed by atoms with van der Waals surface area (Å²) in [6.07, 6.45) is -9.29. The number of ketones is 1. The van der Waals surface area contributed by atoms with E-state index in [4.69, 9.17) is 0 Å². The second kappa shape index (κ2) is 11.5. The molecule has 2 saturated heterocycles. The lowest BCUT2D eigenvalue weighted by Gasteiger charge is -2.37. The molecule has 226 valence electrons. The molecule has 2 unspecified atom stereocenters. The number of hydrogen-bond acceptors (Lipinski definition) is 6. The molecule has 6 atom stereocenters. The van der Waals surface area contributed by atoms with Gasteiger partial charge in [0.15, 0.2) is 5.78 Å². The van der Waals surface area contributed by atoms with Crippen LogP contribution in [0.25, 0.3) is 0 Å². The van der Waals surface area contributed by atoms with Crippen molar-refractivity contribution in [2.75, 3.05) is 19.7 Å². The van der Waals surface area contributed by atoms with Crippen molar-refractivity contribution in [2.45, 2.75) is 77.1 Å². The van der Waals surface area contributed by atoms with Crippen molar-refractivity contribution in [1.29, 1.82) is 0 Å². The van der Waals surface area contributed by atoms with Crippen LogP contribution in [0.4, 0.5) is 26.3 Å². The van der Waals surface area contributed by atoms with Crippen LogP contribution in [0.3, 0.4) is 0 Å². The Balaban J connectivity index is 1.83. The largest absolute Gasteiger partial charge is 0.522 e. The Morgan fingerprint density at radius 3 is 2.15 bits per heavy atom. The molecule has 0 bridgehead atoms. The van der Waals surface area contributed by atoms with Gasteiger partial charge in [-0.25, -0.2) is 0 Å². The van der Waals surface area contributed by atoms with Crippen molar-refractivity contribution >= 4 is 29.4 Å². The molecule has 16 heteroatoms. The number of halogens is 6. The minimum atomic E-state index is -5.26. The van der Waals surface area contributed by atoms with Crippen molar-refractivity contribution in [3.63, 3.8) is 0 Å². The molecule has 4 amide bonds. The number of amides is 4. The Labute approximate surface area is 225 Å².